The van der Waals surface area contributed by atoms with Crippen molar-refractivity contribution in [3.8, 4) is 11.6 Å². The van der Waals surface area contributed by atoms with Gasteiger partial charge in [0.2, 0.25) is 5.88 Å². The van der Waals surface area contributed by atoms with Crippen LogP contribution in [0.15, 0.2) is 71.1 Å². The molecule has 1 atom stereocenters. The number of hydrogen-bond acceptors (Lipinski definition) is 5. The van der Waals surface area contributed by atoms with E-state index in [1.54, 1.807) is 18.9 Å². The van der Waals surface area contributed by atoms with Gasteiger partial charge in [-0.05, 0) is 35.7 Å². The summed E-state index contributed by atoms with van der Waals surface area (Å²) in [5, 5.41) is 0.424. The molecule has 4 heterocycles. The van der Waals surface area contributed by atoms with Crippen molar-refractivity contribution >= 4 is 34.7 Å². The third-order valence-electron chi connectivity index (χ3n) is 6.41. The van der Waals surface area contributed by atoms with Crippen molar-refractivity contribution in [1.29, 1.82) is 0 Å². The summed E-state index contributed by atoms with van der Waals surface area (Å²) in [7, 11) is 1.65. The lowest BCUT2D eigenvalue weighted by atomic mass is 9.69. The second kappa shape index (κ2) is 7.21. The highest BCUT2D eigenvalue weighted by Gasteiger charge is 2.51. The van der Waals surface area contributed by atoms with Crippen LogP contribution in [0.3, 0.4) is 0 Å². The van der Waals surface area contributed by atoms with Crippen LogP contribution in [0.1, 0.15) is 23.2 Å². The summed E-state index contributed by atoms with van der Waals surface area (Å²) in [6.07, 6.45) is 3.11. The number of nitrogens with zero attached hydrogens (tertiary/aromatic N) is 2. The van der Waals surface area contributed by atoms with Crippen LogP contribution >= 0.6 is 23.4 Å². The number of thioether (sulfide) groups is 1. The van der Waals surface area contributed by atoms with E-state index in [-0.39, 0.29) is 0 Å². The fraction of sp³-hybridized carbons (Fsp3) is 0.240. The van der Waals surface area contributed by atoms with Gasteiger partial charge in [0.05, 0.1) is 11.5 Å². The first-order valence-corrected chi connectivity index (χ1v) is 11.6. The van der Waals surface area contributed by atoms with Gasteiger partial charge in [-0.3, -0.25) is 0 Å². The summed E-state index contributed by atoms with van der Waals surface area (Å²) in [6.45, 7) is 1.41. The SMILES string of the molecule is COc1ccc2c(n1)C1(CO2)c2ccccc2N(CC2CC=C(Cl)S2)c2ccccc21. The molecule has 0 amide bonds. The largest absolute Gasteiger partial charge is 0.490 e. The number of anilines is 2. The smallest absolute Gasteiger partial charge is 0.213 e. The zero-order valence-corrected chi connectivity index (χ0v) is 18.6. The van der Waals surface area contributed by atoms with Gasteiger partial charge in [-0.1, -0.05) is 54.1 Å². The quantitative estimate of drug-likeness (QED) is 0.501. The van der Waals surface area contributed by atoms with E-state index in [1.807, 2.05) is 12.1 Å². The molecular weight excluding hydrogens is 428 g/mol. The highest BCUT2D eigenvalue weighted by Crippen LogP contribution is 2.56. The number of allylic oxidation sites excluding steroid dienone is 1. The predicted octanol–water partition coefficient (Wildman–Crippen LogP) is 5.85. The highest BCUT2D eigenvalue weighted by molar-refractivity contribution is 8.05. The van der Waals surface area contributed by atoms with Crippen molar-refractivity contribution in [2.24, 2.45) is 0 Å². The van der Waals surface area contributed by atoms with E-state index in [2.05, 4.69) is 59.5 Å². The number of aromatic nitrogens is 1. The second-order valence-corrected chi connectivity index (χ2v) is 10.00. The summed E-state index contributed by atoms with van der Waals surface area (Å²) in [5.74, 6) is 1.42. The molecule has 0 fully saturated rings. The van der Waals surface area contributed by atoms with E-state index in [0.29, 0.717) is 17.7 Å². The lowest BCUT2D eigenvalue weighted by Crippen LogP contribution is -2.41. The minimum atomic E-state index is -0.466. The number of pyridine rings is 1. The van der Waals surface area contributed by atoms with Gasteiger partial charge in [0, 0.05) is 29.2 Å². The fourth-order valence-corrected chi connectivity index (χ4v) is 6.43. The summed E-state index contributed by atoms with van der Waals surface area (Å²) >= 11 is 8.03. The van der Waals surface area contributed by atoms with Crippen molar-refractivity contribution in [1.82, 2.24) is 4.98 Å². The standard InChI is InChI=1S/C25H21ClN2O2S/c1-29-23-13-11-21-24(27-23)25(15-30-21)17-6-2-4-8-19(17)28(14-16-10-12-22(26)31-16)20-9-5-3-7-18(20)25/h2-9,11-13,16H,10,14-15H2,1H3. The molecule has 6 heteroatoms. The van der Waals surface area contributed by atoms with Crippen LogP contribution < -0.4 is 14.4 Å². The molecule has 0 radical (unpaired) electrons. The summed E-state index contributed by atoms with van der Waals surface area (Å²) in [5.41, 5.74) is 5.29. The van der Waals surface area contributed by atoms with Crippen molar-refractivity contribution in [2.75, 3.05) is 25.2 Å². The first kappa shape index (κ1) is 19.1. The summed E-state index contributed by atoms with van der Waals surface area (Å²) in [4.78, 5) is 7.33. The van der Waals surface area contributed by atoms with E-state index >= 15 is 0 Å². The van der Waals surface area contributed by atoms with E-state index < -0.39 is 5.41 Å². The third kappa shape index (κ3) is 2.80. The lowest BCUT2D eigenvalue weighted by Gasteiger charge is -2.43. The van der Waals surface area contributed by atoms with E-state index in [1.165, 1.54) is 22.5 Å². The molecule has 1 spiro atoms. The van der Waals surface area contributed by atoms with Crippen molar-refractivity contribution < 1.29 is 9.47 Å². The number of benzene rings is 2. The molecule has 0 aliphatic carbocycles. The molecule has 2 aromatic carbocycles. The molecule has 0 saturated heterocycles. The second-order valence-electron chi connectivity index (χ2n) is 8.02. The number of methoxy groups -OCH3 is 1. The molecule has 1 unspecified atom stereocenters. The van der Waals surface area contributed by atoms with E-state index in [9.17, 15) is 0 Å². The zero-order valence-electron chi connectivity index (χ0n) is 17.0. The number of rotatable bonds is 3. The molecule has 0 N–H and O–H groups in total. The van der Waals surface area contributed by atoms with Gasteiger partial charge in [-0.2, -0.15) is 0 Å². The summed E-state index contributed by atoms with van der Waals surface area (Å²) < 4.78 is 12.6. The highest BCUT2D eigenvalue weighted by atomic mass is 35.5. The van der Waals surface area contributed by atoms with Gasteiger partial charge in [0.1, 0.15) is 23.5 Å². The molecule has 4 nitrogen and oxygen atoms in total. The minimum Gasteiger partial charge on any atom is -0.490 e. The molecule has 3 aromatic rings. The Kier molecular flexibility index (Phi) is 4.44. The van der Waals surface area contributed by atoms with Crippen LogP contribution in [-0.2, 0) is 5.41 Å². The summed E-state index contributed by atoms with van der Waals surface area (Å²) in [6, 6.07) is 21.1. The van der Waals surface area contributed by atoms with Gasteiger partial charge >= 0.3 is 0 Å². The molecule has 0 saturated carbocycles. The first-order valence-electron chi connectivity index (χ1n) is 10.4. The topological polar surface area (TPSA) is 34.6 Å². The Labute approximate surface area is 190 Å². The monoisotopic (exact) mass is 448 g/mol. The number of hydrogen-bond donors (Lipinski definition) is 0. The molecule has 0 bridgehead atoms. The molecule has 1 aromatic heterocycles. The molecule has 3 aliphatic rings. The fourth-order valence-electron chi connectivity index (χ4n) is 5.04. The average Bonchev–Trinajstić information content (AvgIpc) is 3.40. The van der Waals surface area contributed by atoms with Crippen molar-refractivity contribution in [3.05, 3.63) is 87.9 Å². The van der Waals surface area contributed by atoms with Crippen LogP contribution in [0.4, 0.5) is 11.4 Å². The Morgan fingerprint density at radius 3 is 2.45 bits per heavy atom. The van der Waals surface area contributed by atoms with Gasteiger partial charge < -0.3 is 14.4 Å². The van der Waals surface area contributed by atoms with Gasteiger partial charge in [-0.25, -0.2) is 4.98 Å². The molecular formula is C25H21ClN2O2S. The zero-order chi connectivity index (χ0) is 21.0. The normalized spacial score (nSPS) is 20.0. The Bertz CT molecular complexity index is 1160. The average molecular weight is 449 g/mol. The van der Waals surface area contributed by atoms with Crippen LogP contribution in [0.2, 0.25) is 0 Å². The Balaban J connectivity index is 1.56. The van der Waals surface area contributed by atoms with Crippen LogP contribution in [-0.4, -0.2) is 30.5 Å². The van der Waals surface area contributed by atoms with Crippen LogP contribution in [0, 0.1) is 0 Å². The maximum atomic E-state index is 6.28. The maximum Gasteiger partial charge on any atom is 0.213 e. The third-order valence-corrected chi connectivity index (χ3v) is 7.89. The van der Waals surface area contributed by atoms with Gasteiger partial charge in [0.25, 0.3) is 0 Å². The Morgan fingerprint density at radius 1 is 1.10 bits per heavy atom. The number of fused-ring (bicyclic) bond motifs is 6. The Hall–Kier alpha value is -2.63. The van der Waals surface area contributed by atoms with Crippen LogP contribution in [0.5, 0.6) is 11.6 Å². The molecule has 6 rings (SSSR count). The van der Waals surface area contributed by atoms with E-state index in [0.717, 1.165) is 28.8 Å². The van der Waals surface area contributed by atoms with Crippen molar-refractivity contribution in [2.45, 2.75) is 17.1 Å². The molecule has 3 aliphatic heterocycles. The van der Waals surface area contributed by atoms with Crippen LogP contribution in [0.25, 0.3) is 0 Å². The first-order chi connectivity index (χ1) is 15.2. The lowest BCUT2D eigenvalue weighted by molar-refractivity contribution is 0.312. The molecule has 156 valence electrons. The molecule has 31 heavy (non-hydrogen) atoms. The number of ether oxygens (including phenoxy) is 2. The Morgan fingerprint density at radius 2 is 1.81 bits per heavy atom. The number of halogens is 1. The predicted molar refractivity (Wildman–Crippen MR) is 126 cm³/mol. The minimum absolute atomic E-state index is 0.424. The van der Waals surface area contributed by atoms with Gasteiger partial charge in [-0.15, -0.1) is 11.8 Å². The van der Waals surface area contributed by atoms with E-state index in [4.69, 9.17) is 26.1 Å². The van der Waals surface area contributed by atoms with Crippen molar-refractivity contribution in [3.63, 3.8) is 0 Å². The van der Waals surface area contributed by atoms with Gasteiger partial charge in [0.15, 0.2) is 0 Å². The maximum absolute atomic E-state index is 6.28. The number of para-hydroxylation sites is 2.